The standard InChI is InChI=1S/C17H24N4O2/c1-10(18-16(23)19-14-2-3-15(22)21-20-14)17-7-11-4-12(8-17)6-13(5-11)9-17/h2-3,10-13H,4-9H2,1H3,(H,21,22)(H2,18,19,20,23). The maximum absolute atomic E-state index is 12.2. The number of carbonyl (C=O) groups is 1. The predicted octanol–water partition coefficient (Wildman–Crippen LogP) is 2.50. The summed E-state index contributed by atoms with van der Waals surface area (Å²) in [5, 5.41) is 11.9. The molecule has 4 bridgehead atoms. The quantitative estimate of drug-likeness (QED) is 0.800. The van der Waals surface area contributed by atoms with Crippen LogP contribution in [0.3, 0.4) is 0 Å². The fraction of sp³-hybridized carbons (Fsp3) is 0.706. The van der Waals surface area contributed by atoms with Gasteiger partial charge in [-0.25, -0.2) is 9.89 Å². The van der Waals surface area contributed by atoms with E-state index in [-0.39, 0.29) is 23.0 Å². The molecule has 0 aromatic carbocycles. The summed E-state index contributed by atoms with van der Waals surface area (Å²) in [4.78, 5) is 23.2. The van der Waals surface area contributed by atoms with Gasteiger partial charge >= 0.3 is 6.03 Å². The molecule has 0 aliphatic heterocycles. The first-order chi connectivity index (χ1) is 11.0. The van der Waals surface area contributed by atoms with Gasteiger partial charge in [0.2, 0.25) is 0 Å². The van der Waals surface area contributed by atoms with Crippen LogP contribution in [0.4, 0.5) is 10.6 Å². The second-order valence-corrected chi connectivity index (χ2v) is 7.91. The fourth-order valence-corrected chi connectivity index (χ4v) is 5.62. The molecule has 4 aliphatic rings. The maximum Gasteiger partial charge on any atom is 0.320 e. The number of aromatic nitrogens is 2. The number of anilines is 1. The second kappa shape index (κ2) is 5.35. The molecule has 6 heteroatoms. The summed E-state index contributed by atoms with van der Waals surface area (Å²) in [6.45, 7) is 2.15. The first kappa shape index (κ1) is 14.7. The Bertz CT molecular complexity index is 613. The summed E-state index contributed by atoms with van der Waals surface area (Å²) in [6, 6.07) is 2.78. The predicted molar refractivity (Wildman–Crippen MR) is 87.1 cm³/mol. The molecule has 4 saturated carbocycles. The minimum Gasteiger partial charge on any atom is -0.335 e. The van der Waals surface area contributed by atoms with Gasteiger partial charge in [-0.2, -0.15) is 5.10 Å². The lowest BCUT2D eigenvalue weighted by atomic mass is 9.48. The van der Waals surface area contributed by atoms with Crippen molar-refractivity contribution in [3.8, 4) is 0 Å². The average molecular weight is 316 g/mol. The second-order valence-electron chi connectivity index (χ2n) is 7.91. The van der Waals surface area contributed by atoms with E-state index in [9.17, 15) is 9.59 Å². The molecular formula is C17H24N4O2. The normalized spacial score (nSPS) is 35.8. The molecule has 23 heavy (non-hydrogen) atoms. The van der Waals surface area contributed by atoms with Crippen molar-refractivity contribution in [2.24, 2.45) is 23.2 Å². The van der Waals surface area contributed by atoms with Crippen LogP contribution in [0.5, 0.6) is 0 Å². The number of carbonyl (C=O) groups excluding carboxylic acids is 1. The number of hydrogen-bond donors (Lipinski definition) is 3. The smallest absolute Gasteiger partial charge is 0.320 e. The Hall–Kier alpha value is -1.85. The van der Waals surface area contributed by atoms with Crippen molar-refractivity contribution in [2.45, 2.75) is 51.5 Å². The molecule has 1 unspecified atom stereocenters. The van der Waals surface area contributed by atoms with E-state index >= 15 is 0 Å². The molecule has 0 spiro atoms. The van der Waals surface area contributed by atoms with Gasteiger partial charge in [0, 0.05) is 12.1 Å². The van der Waals surface area contributed by atoms with E-state index in [1.54, 1.807) is 0 Å². The van der Waals surface area contributed by atoms with E-state index in [4.69, 9.17) is 0 Å². The van der Waals surface area contributed by atoms with Crippen LogP contribution in [0.15, 0.2) is 16.9 Å². The zero-order valence-electron chi connectivity index (χ0n) is 13.5. The topological polar surface area (TPSA) is 86.9 Å². The third kappa shape index (κ3) is 2.75. The summed E-state index contributed by atoms with van der Waals surface area (Å²) in [5.41, 5.74) is 0.00253. The maximum atomic E-state index is 12.2. The Balaban J connectivity index is 1.41. The lowest BCUT2D eigenvalue weighted by Gasteiger charge is -2.59. The Labute approximate surface area is 135 Å². The summed E-state index contributed by atoms with van der Waals surface area (Å²) in [7, 11) is 0. The van der Waals surface area contributed by atoms with Gasteiger partial charge in [-0.1, -0.05) is 0 Å². The minimum atomic E-state index is -0.280. The van der Waals surface area contributed by atoms with Gasteiger partial charge < -0.3 is 5.32 Å². The van der Waals surface area contributed by atoms with Gasteiger partial charge in [0.05, 0.1) is 0 Å². The van der Waals surface area contributed by atoms with Gasteiger partial charge in [-0.3, -0.25) is 10.1 Å². The van der Waals surface area contributed by atoms with Crippen LogP contribution in [0, 0.1) is 23.2 Å². The Morgan fingerprint density at radius 2 is 1.83 bits per heavy atom. The van der Waals surface area contributed by atoms with E-state index in [1.165, 1.54) is 50.7 Å². The molecule has 4 fully saturated rings. The average Bonchev–Trinajstić information content (AvgIpc) is 2.48. The number of rotatable bonds is 3. The fourth-order valence-electron chi connectivity index (χ4n) is 5.62. The van der Waals surface area contributed by atoms with E-state index < -0.39 is 0 Å². The number of urea groups is 1. The highest BCUT2D eigenvalue weighted by molar-refractivity contribution is 5.88. The summed E-state index contributed by atoms with van der Waals surface area (Å²) in [6.07, 6.45) is 7.99. The van der Waals surface area contributed by atoms with Gasteiger partial charge in [0.15, 0.2) is 5.82 Å². The van der Waals surface area contributed by atoms with Crippen LogP contribution in [0.2, 0.25) is 0 Å². The van der Waals surface area contributed by atoms with Crippen molar-refractivity contribution in [3.63, 3.8) is 0 Å². The first-order valence-corrected chi connectivity index (χ1v) is 8.66. The molecular weight excluding hydrogens is 292 g/mol. The summed E-state index contributed by atoms with van der Waals surface area (Å²) in [5.74, 6) is 2.97. The molecule has 1 aromatic rings. The Morgan fingerprint density at radius 1 is 1.22 bits per heavy atom. The van der Waals surface area contributed by atoms with Crippen molar-refractivity contribution >= 4 is 11.8 Å². The van der Waals surface area contributed by atoms with Gasteiger partial charge in [-0.05, 0) is 74.7 Å². The molecule has 0 saturated heterocycles. The van der Waals surface area contributed by atoms with E-state index in [0.717, 1.165) is 17.8 Å². The molecule has 3 N–H and O–H groups in total. The molecule has 5 rings (SSSR count). The molecule has 2 amide bonds. The molecule has 1 aromatic heterocycles. The molecule has 6 nitrogen and oxygen atoms in total. The number of aromatic amines is 1. The number of nitrogens with zero attached hydrogens (tertiary/aromatic N) is 1. The van der Waals surface area contributed by atoms with Crippen LogP contribution >= 0.6 is 0 Å². The third-order valence-corrected chi connectivity index (χ3v) is 6.27. The minimum absolute atomic E-state index is 0.165. The van der Waals surface area contributed by atoms with Crippen molar-refractivity contribution < 1.29 is 4.79 Å². The van der Waals surface area contributed by atoms with E-state index in [2.05, 4.69) is 27.8 Å². The van der Waals surface area contributed by atoms with Crippen molar-refractivity contribution in [1.82, 2.24) is 15.5 Å². The molecule has 1 heterocycles. The van der Waals surface area contributed by atoms with Gasteiger partial charge in [0.25, 0.3) is 5.56 Å². The third-order valence-electron chi connectivity index (χ3n) is 6.27. The SMILES string of the molecule is CC(NC(=O)Nc1ccc(=O)[nH]n1)C12CC3CC(CC(C3)C1)C2. The first-order valence-electron chi connectivity index (χ1n) is 8.66. The van der Waals surface area contributed by atoms with Crippen LogP contribution in [-0.2, 0) is 0 Å². The number of amides is 2. The Kier molecular flexibility index (Phi) is 3.43. The zero-order valence-corrected chi connectivity index (χ0v) is 13.5. The van der Waals surface area contributed by atoms with Crippen molar-refractivity contribution in [3.05, 3.63) is 22.5 Å². The molecule has 1 atom stereocenters. The highest BCUT2D eigenvalue weighted by atomic mass is 16.2. The van der Waals surface area contributed by atoms with Crippen LogP contribution < -0.4 is 16.2 Å². The lowest BCUT2D eigenvalue weighted by molar-refractivity contribution is -0.0680. The largest absolute Gasteiger partial charge is 0.335 e. The van der Waals surface area contributed by atoms with Crippen molar-refractivity contribution in [1.29, 1.82) is 0 Å². The molecule has 4 aliphatic carbocycles. The van der Waals surface area contributed by atoms with Gasteiger partial charge in [0.1, 0.15) is 0 Å². The summed E-state index contributed by atoms with van der Waals surface area (Å²) < 4.78 is 0. The van der Waals surface area contributed by atoms with Crippen LogP contribution in [0.25, 0.3) is 0 Å². The Morgan fingerprint density at radius 3 is 2.35 bits per heavy atom. The summed E-state index contributed by atoms with van der Waals surface area (Å²) >= 11 is 0. The lowest BCUT2D eigenvalue weighted by Crippen LogP contribution is -2.56. The van der Waals surface area contributed by atoms with Crippen LogP contribution in [0.1, 0.15) is 45.4 Å². The highest BCUT2D eigenvalue weighted by Crippen LogP contribution is 2.61. The molecule has 124 valence electrons. The van der Waals surface area contributed by atoms with Crippen molar-refractivity contribution in [2.75, 3.05) is 5.32 Å². The number of hydrogen-bond acceptors (Lipinski definition) is 3. The number of H-pyrrole nitrogens is 1. The zero-order chi connectivity index (χ0) is 16.0. The monoisotopic (exact) mass is 316 g/mol. The highest BCUT2D eigenvalue weighted by Gasteiger charge is 2.53. The van der Waals surface area contributed by atoms with E-state index in [0.29, 0.717) is 5.82 Å². The van der Waals surface area contributed by atoms with Crippen LogP contribution in [-0.4, -0.2) is 22.3 Å². The van der Waals surface area contributed by atoms with E-state index in [1.807, 2.05) is 0 Å². The van der Waals surface area contributed by atoms with Gasteiger partial charge in [-0.15, -0.1) is 0 Å². The number of nitrogens with one attached hydrogen (secondary N) is 3. The molecule has 0 radical (unpaired) electrons.